The molecule has 2 saturated heterocycles. The maximum Gasteiger partial charge on any atom is 0.251 e. The van der Waals surface area contributed by atoms with Gasteiger partial charge in [0.15, 0.2) is 0 Å². The first-order valence-corrected chi connectivity index (χ1v) is 9.67. The molecule has 0 N–H and O–H groups in total. The molecular formula is C22H25N3O3. The first kappa shape index (κ1) is 18.7. The lowest BCUT2D eigenvalue weighted by atomic mass is 10.1. The Morgan fingerprint density at radius 3 is 2.25 bits per heavy atom. The summed E-state index contributed by atoms with van der Waals surface area (Å²) in [6, 6.07) is 17.1. The van der Waals surface area contributed by atoms with E-state index < -0.39 is 0 Å². The number of piperazine rings is 1. The van der Waals surface area contributed by atoms with Crippen LogP contribution >= 0.6 is 0 Å². The van der Waals surface area contributed by atoms with Crippen LogP contribution in [0.2, 0.25) is 0 Å². The Balaban J connectivity index is 1.37. The number of ether oxygens (including phenoxy) is 1. The molecule has 2 amide bonds. The predicted molar refractivity (Wildman–Crippen MR) is 107 cm³/mol. The highest BCUT2D eigenvalue weighted by atomic mass is 16.5. The minimum Gasteiger partial charge on any atom is -0.497 e. The van der Waals surface area contributed by atoms with Crippen molar-refractivity contribution in [3.63, 3.8) is 0 Å². The molecule has 0 unspecified atom stereocenters. The SMILES string of the molecule is COc1ccc(N2C(=O)C[C@H](N3CCN(Cc4ccccc4)CC3)C2=O)cc1. The summed E-state index contributed by atoms with van der Waals surface area (Å²) in [7, 11) is 1.59. The van der Waals surface area contributed by atoms with Crippen LogP contribution in [0.3, 0.4) is 0 Å². The van der Waals surface area contributed by atoms with Crippen LogP contribution in [-0.2, 0) is 16.1 Å². The zero-order valence-electron chi connectivity index (χ0n) is 16.1. The molecule has 0 aromatic heterocycles. The minimum absolute atomic E-state index is 0.119. The molecule has 0 spiro atoms. The summed E-state index contributed by atoms with van der Waals surface area (Å²) in [5, 5.41) is 0. The Bertz CT molecular complexity index is 830. The van der Waals surface area contributed by atoms with Gasteiger partial charge in [-0.3, -0.25) is 19.4 Å². The summed E-state index contributed by atoms with van der Waals surface area (Å²) in [4.78, 5) is 31.4. The van der Waals surface area contributed by atoms with Crippen molar-refractivity contribution >= 4 is 17.5 Å². The number of carbonyl (C=O) groups excluding carboxylic acids is 2. The van der Waals surface area contributed by atoms with E-state index in [1.807, 2.05) is 6.07 Å². The summed E-state index contributed by atoms with van der Waals surface area (Å²) < 4.78 is 5.15. The van der Waals surface area contributed by atoms with E-state index in [2.05, 4.69) is 34.1 Å². The van der Waals surface area contributed by atoms with Gasteiger partial charge in [-0.05, 0) is 29.8 Å². The Labute approximate surface area is 165 Å². The normalized spacial score (nSPS) is 21.3. The van der Waals surface area contributed by atoms with E-state index in [4.69, 9.17) is 4.74 Å². The van der Waals surface area contributed by atoms with Crippen molar-refractivity contribution < 1.29 is 14.3 Å². The number of nitrogens with zero attached hydrogens (tertiary/aromatic N) is 3. The number of amides is 2. The van der Waals surface area contributed by atoms with Gasteiger partial charge in [0.2, 0.25) is 5.91 Å². The first-order chi connectivity index (χ1) is 13.7. The topological polar surface area (TPSA) is 53.1 Å². The number of hydrogen-bond acceptors (Lipinski definition) is 5. The number of hydrogen-bond donors (Lipinski definition) is 0. The lowest BCUT2D eigenvalue weighted by Crippen LogP contribution is -2.52. The van der Waals surface area contributed by atoms with E-state index in [0.717, 1.165) is 32.7 Å². The maximum absolute atomic E-state index is 13.0. The highest BCUT2D eigenvalue weighted by Crippen LogP contribution is 2.28. The molecule has 6 nitrogen and oxygen atoms in total. The third-order valence-electron chi connectivity index (χ3n) is 5.55. The van der Waals surface area contributed by atoms with E-state index in [9.17, 15) is 9.59 Å². The van der Waals surface area contributed by atoms with Gasteiger partial charge >= 0.3 is 0 Å². The summed E-state index contributed by atoms with van der Waals surface area (Å²) in [5.41, 5.74) is 1.91. The number of benzene rings is 2. The highest BCUT2D eigenvalue weighted by Gasteiger charge is 2.43. The second kappa shape index (κ2) is 8.12. The van der Waals surface area contributed by atoms with Crippen LogP contribution in [0.25, 0.3) is 0 Å². The molecule has 6 heteroatoms. The fourth-order valence-electron chi connectivity index (χ4n) is 3.98. The highest BCUT2D eigenvalue weighted by molar-refractivity contribution is 6.22. The zero-order valence-corrected chi connectivity index (χ0v) is 16.1. The van der Waals surface area contributed by atoms with E-state index in [0.29, 0.717) is 11.4 Å². The van der Waals surface area contributed by atoms with E-state index >= 15 is 0 Å². The van der Waals surface area contributed by atoms with Crippen molar-refractivity contribution in [2.24, 2.45) is 0 Å². The third-order valence-corrected chi connectivity index (χ3v) is 5.55. The molecule has 2 aromatic rings. The molecule has 0 saturated carbocycles. The second-order valence-electron chi connectivity index (χ2n) is 7.28. The van der Waals surface area contributed by atoms with Gasteiger partial charge in [-0.2, -0.15) is 0 Å². The molecule has 4 rings (SSSR count). The first-order valence-electron chi connectivity index (χ1n) is 9.67. The standard InChI is InChI=1S/C22H25N3O3/c1-28-19-9-7-18(8-10-19)25-21(26)15-20(22(25)27)24-13-11-23(12-14-24)16-17-5-3-2-4-6-17/h2-10,20H,11-16H2,1H3/t20-/m0/s1. The molecule has 2 aliphatic rings. The molecule has 0 bridgehead atoms. The number of rotatable bonds is 5. The summed E-state index contributed by atoms with van der Waals surface area (Å²) in [6.07, 6.45) is 0.254. The minimum atomic E-state index is -0.353. The second-order valence-corrected chi connectivity index (χ2v) is 7.28. The van der Waals surface area contributed by atoms with Crippen LogP contribution in [0, 0.1) is 0 Å². The molecule has 2 aromatic carbocycles. The molecule has 146 valence electrons. The molecule has 2 aliphatic heterocycles. The lowest BCUT2D eigenvalue weighted by Gasteiger charge is -2.37. The average Bonchev–Trinajstić information content (AvgIpc) is 3.03. The van der Waals surface area contributed by atoms with Crippen molar-refractivity contribution in [3.8, 4) is 5.75 Å². The summed E-state index contributed by atoms with van der Waals surface area (Å²) in [5.74, 6) is 0.451. The summed E-state index contributed by atoms with van der Waals surface area (Å²) in [6.45, 7) is 4.31. The van der Waals surface area contributed by atoms with Crippen molar-refractivity contribution in [2.75, 3.05) is 38.2 Å². The van der Waals surface area contributed by atoms with Crippen molar-refractivity contribution in [1.82, 2.24) is 9.80 Å². The third kappa shape index (κ3) is 3.79. The van der Waals surface area contributed by atoms with Crippen LogP contribution < -0.4 is 9.64 Å². The van der Waals surface area contributed by atoms with Crippen LogP contribution in [-0.4, -0.2) is 60.9 Å². The largest absolute Gasteiger partial charge is 0.497 e. The molecule has 1 atom stereocenters. The van der Waals surface area contributed by atoms with Crippen LogP contribution in [0.1, 0.15) is 12.0 Å². The molecular weight excluding hydrogens is 354 g/mol. The van der Waals surface area contributed by atoms with Gasteiger partial charge in [-0.25, -0.2) is 4.90 Å². The Morgan fingerprint density at radius 2 is 1.61 bits per heavy atom. The maximum atomic E-state index is 13.0. The summed E-state index contributed by atoms with van der Waals surface area (Å²) >= 11 is 0. The Morgan fingerprint density at radius 1 is 0.929 bits per heavy atom. The molecule has 0 aliphatic carbocycles. The Kier molecular flexibility index (Phi) is 5.41. The van der Waals surface area contributed by atoms with Crippen molar-refractivity contribution in [2.45, 2.75) is 19.0 Å². The van der Waals surface area contributed by atoms with Gasteiger partial charge in [0.1, 0.15) is 5.75 Å². The fourth-order valence-corrected chi connectivity index (χ4v) is 3.98. The molecule has 2 heterocycles. The van der Waals surface area contributed by atoms with Crippen LogP contribution in [0.4, 0.5) is 5.69 Å². The van der Waals surface area contributed by atoms with E-state index in [1.165, 1.54) is 10.5 Å². The quantitative estimate of drug-likeness (QED) is 0.745. The monoisotopic (exact) mass is 379 g/mol. The van der Waals surface area contributed by atoms with Crippen molar-refractivity contribution in [1.29, 1.82) is 0 Å². The Hall–Kier alpha value is -2.70. The smallest absolute Gasteiger partial charge is 0.251 e. The van der Waals surface area contributed by atoms with Gasteiger partial charge in [-0.15, -0.1) is 0 Å². The zero-order chi connectivity index (χ0) is 19.5. The van der Waals surface area contributed by atoms with Gasteiger partial charge in [-0.1, -0.05) is 30.3 Å². The number of imide groups is 1. The number of anilines is 1. The van der Waals surface area contributed by atoms with Gasteiger partial charge in [0.05, 0.1) is 25.3 Å². The fraction of sp³-hybridized carbons (Fsp3) is 0.364. The number of methoxy groups -OCH3 is 1. The molecule has 0 radical (unpaired) electrons. The number of carbonyl (C=O) groups is 2. The average molecular weight is 379 g/mol. The van der Waals surface area contributed by atoms with Crippen molar-refractivity contribution in [3.05, 3.63) is 60.2 Å². The van der Waals surface area contributed by atoms with Gasteiger partial charge < -0.3 is 4.74 Å². The van der Waals surface area contributed by atoms with E-state index in [-0.39, 0.29) is 24.3 Å². The van der Waals surface area contributed by atoms with Gasteiger partial charge in [0, 0.05) is 32.7 Å². The molecule has 2 fully saturated rings. The van der Waals surface area contributed by atoms with E-state index in [1.54, 1.807) is 31.4 Å². The van der Waals surface area contributed by atoms with Crippen LogP contribution in [0.5, 0.6) is 5.75 Å². The lowest BCUT2D eigenvalue weighted by molar-refractivity contribution is -0.123. The molecule has 28 heavy (non-hydrogen) atoms. The van der Waals surface area contributed by atoms with Crippen LogP contribution in [0.15, 0.2) is 54.6 Å². The van der Waals surface area contributed by atoms with Gasteiger partial charge in [0.25, 0.3) is 5.91 Å². The predicted octanol–water partition coefficient (Wildman–Crippen LogP) is 2.14.